The Morgan fingerprint density at radius 2 is 1.18 bits per heavy atom. The van der Waals surface area contributed by atoms with Gasteiger partial charge in [0.2, 0.25) is 0 Å². The number of hydrogen-bond acceptors (Lipinski definition) is 10. The Labute approximate surface area is 286 Å². The minimum Gasteiger partial charge on any atom is -0.504 e. The Hall–Kier alpha value is -4.80. The predicted octanol–water partition coefficient (Wildman–Crippen LogP) is 6.51. The minimum absolute atomic E-state index is 0.0205. The number of methoxy groups -OCH3 is 5. The van der Waals surface area contributed by atoms with Crippen LogP contribution in [-0.4, -0.2) is 76.2 Å². The first-order valence-corrected chi connectivity index (χ1v) is 16.6. The number of likely N-dealkylation sites (N-methyl/N-ethyl adjacent to an activating group) is 2. The third-order valence-electron chi connectivity index (χ3n) is 11.2. The van der Waals surface area contributed by atoms with Gasteiger partial charge in [-0.3, -0.25) is 9.80 Å². The first-order chi connectivity index (χ1) is 23.7. The van der Waals surface area contributed by atoms with E-state index in [1.54, 1.807) is 41.6 Å². The maximum atomic E-state index is 11.6. The molecule has 2 bridgehead atoms. The van der Waals surface area contributed by atoms with Crippen molar-refractivity contribution >= 4 is 0 Å². The van der Waals surface area contributed by atoms with Gasteiger partial charge in [-0.25, -0.2) is 0 Å². The molecule has 0 radical (unpaired) electrons. The Morgan fingerprint density at radius 3 is 1.90 bits per heavy atom. The van der Waals surface area contributed by atoms with Gasteiger partial charge < -0.3 is 38.6 Å². The smallest absolute Gasteiger partial charge is 0.169 e. The summed E-state index contributed by atoms with van der Waals surface area (Å²) < 4.78 is 35.5. The molecule has 2 N–H and O–H groups in total. The fraction of sp³-hybridized carbons (Fsp3) is 0.385. The summed E-state index contributed by atoms with van der Waals surface area (Å²) in [5.74, 6) is 4.15. The van der Waals surface area contributed by atoms with Gasteiger partial charge in [0.1, 0.15) is 5.75 Å². The Balaban J connectivity index is 1.26. The number of nitrogens with zero attached hydrogens (tertiary/aromatic N) is 2. The lowest BCUT2D eigenvalue weighted by molar-refractivity contribution is 0.132. The number of rotatable bonds is 7. The van der Waals surface area contributed by atoms with Crippen molar-refractivity contribution < 1.29 is 38.6 Å². The van der Waals surface area contributed by atoms with Crippen molar-refractivity contribution in [1.82, 2.24) is 9.80 Å². The van der Waals surface area contributed by atoms with Crippen LogP contribution in [0.3, 0.4) is 0 Å². The average molecular weight is 667 g/mol. The monoisotopic (exact) mass is 666 g/mol. The highest BCUT2D eigenvalue weighted by atomic mass is 16.5. The van der Waals surface area contributed by atoms with Crippen LogP contribution in [0.5, 0.6) is 51.7 Å². The number of benzene rings is 4. The van der Waals surface area contributed by atoms with Gasteiger partial charge in [-0.1, -0.05) is 0 Å². The molecule has 10 heteroatoms. The molecule has 0 aromatic heterocycles. The highest BCUT2D eigenvalue weighted by molar-refractivity contribution is 5.85. The summed E-state index contributed by atoms with van der Waals surface area (Å²) >= 11 is 0. The Bertz CT molecular complexity index is 2010. The molecule has 0 fully saturated rings. The number of ether oxygens (including phenoxy) is 6. The van der Waals surface area contributed by atoms with Gasteiger partial charge in [-0.2, -0.15) is 0 Å². The van der Waals surface area contributed by atoms with E-state index >= 15 is 0 Å². The van der Waals surface area contributed by atoms with Crippen LogP contribution in [0.1, 0.15) is 57.1 Å². The summed E-state index contributed by atoms with van der Waals surface area (Å²) in [7, 11) is 12.3. The van der Waals surface area contributed by atoms with Gasteiger partial charge in [0, 0.05) is 47.4 Å². The first-order valence-electron chi connectivity index (χ1n) is 16.6. The van der Waals surface area contributed by atoms with Crippen LogP contribution in [0.4, 0.5) is 0 Å². The summed E-state index contributed by atoms with van der Waals surface area (Å²) in [6, 6.07) is 11.9. The average Bonchev–Trinajstić information content (AvgIpc) is 3.11. The molecule has 4 aromatic carbocycles. The maximum absolute atomic E-state index is 11.6. The van der Waals surface area contributed by atoms with Crippen molar-refractivity contribution in [3.8, 4) is 62.9 Å². The second kappa shape index (κ2) is 11.7. The van der Waals surface area contributed by atoms with Gasteiger partial charge >= 0.3 is 0 Å². The molecule has 3 atom stereocenters. The molecule has 8 rings (SSSR count). The number of phenolic OH excluding ortho intramolecular Hbond substituents is 2. The zero-order valence-corrected chi connectivity index (χ0v) is 29.0. The van der Waals surface area contributed by atoms with Gasteiger partial charge in [-0.05, 0) is 103 Å². The molecule has 256 valence electrons. The van der Waals surface area contributed by atoms with Crippen LogP contribution in [0.2, 0.25) is 0 Å². The highest BCUT2D eigenvalue weighted by Crippen LogP contribution is 2.57. The Morgan fingerprint density at radius 1 is 0.571 bits per heavy atom. The molecule has 0 saturated carbocycles. The predicted molar refractivity (Wildman–Crippen MR) is 184 cm³/mol. The van der Waals surface area contributed by atoms with Gasteiger partial charge in [0.15, 0.2) is 46.0 Å². The molecule has 1 aliphatic carbocycles. The van der Waals surface area contributed by atoms with Crippen LogP contribution in [-0.2, 0) is 25.7 Å². The normalized spacial score (nSPS) is 20.3. The third kappa shape index (κ3) is 4.60. The molecule has 4 aliphatic rings. The molecule has 49 heavy (non-hydrogen) atoms. The van der Waals surface area contributed by atoms with E-state index in [1.165, 1.54) is 11.1 Å². The van der Waals surface area contributed by atoms with E-state index < -0.39 is 0 Å². The van der Waals surface area contributed by atoms with Crippen LogP contribution in [0.25, 0.3) is 11.1 Å². The summed E-state index contributed by atoms with van der Waals surface area (Å²) in [6.07, 6.45) is 2.91. The second-order valence-corrected chi connectivity index (χ2v) is 13.4. The van der Waals surface area contributed by atoms with Crippen molar-refractivity contribution in [2.24, 2.45) is 0 Å². The van der Waals surface area contributed by atoms with E-state index in [1.807, 2.05) is 18.2 Å². The SMILES string of the molecule is COc1cc2c(cc1OC)[C@@H]1Cc3c(Oc4cc5c(cc4OC)-c4c(O)c(OC)cc6c4[C@H](C5)N(C)CC6)cc(OC)c(O)c3[C@H](C2)N1C. The van der Waals surface area contributed by atoms with Crippen molar-refractivity contribution in [3.05, 3.63) is 75.3 Å². The van der Waals surface area contributed by atoms with Gasteiger partial charge in [0.05, 0.1) is 35.5 Å². The highest BCUT2D eigenvalue weighted by Gasteiger charge is 2.43. The zero-order valence-electron chi connectivity index (χ0n) is 29.0. The first kappa shape index (κ1) is 31.5. The lowest BCUT2D eigenvalue weighted by Crippen LogP contribution is -2.40. The summed E-state index contributed by atoms with van der Waals surface area (Å²) in [5, 5.41) is 23.1. The van der Waals surface area contributed by atoms with E-state index in [4.69, 9.17) is 28.4 Å². The zero-order chi connectivity index (χ0) is 34.3. The number of aromatic hydroxyl groups is 2. The number of phenols is 2. The summed E-state index contributed by atoms with van der Waals surface area (Å²) in [5.41, 5.74) is 9.15. The summed E-state index contributed by atoms with van der Waals surface area (Å²) in [4.78, 5) is 4.66. The van der Waals surface area contributed by atoms with Gasteiger partial charge in [-0.15, -0.1) is 0 Å². The largest absolute Gasteiger partial charge is 0.504 e. The molecule has 3 aliphatic heterocycles. The van der Waals surface area contributed by atoms with Crippen molar-refractivity contribution in [2.45, 2.75) is 43.8 Å². The van der Waals surface area contributed by atoms with Crippen molar-refractivity contribution in [3.63, 3.8) is 0 Å². The minimum atomic E-state index is -0.118. The number of fused-ring (bicyclic) bond motifs is 8. The van der Waals surface area contributed by atoms with Crippen molar-refractivity contribution in [2.75, 3.05) is 56.2 Å². The van der Waals surface area contributed by atoms with Crippen LogP contribution >= 0.6 is 0 Å². The molecule has 4 aromatic rings. The summed E-state index contributed by atoms with van der Waals surface area (Å²) in [6.45, 7) is 0.915. The maximum Gasteiger partial charge on any atom is 0.169 e. The standard InChI is InChI=1S/C39H42N2O8/c1-40-9-8-19-12-33(47-6)39(43)37-23-17-31(46-5)32(14-21(23)10-26(40)35(19)37)49-28-18-34(48-7)38(42)36-24(28)15-25-22-16-30(45-4)29(44-3)13-20(22)11-27(36)41(25)2/h12-14,16-18,25-27,42-43H,8-11,15H2,1-7H3/t25-,26-,27-/m0/s1. The van der Waals surface area contributed by atoms with Crippen LogP contribution in [0, 0.1) is 0 Å². The third-order valence-corrected chi connectivity index (χ3v) is 11.2. The lowest BCUT2D eigenvalue weighted by Gasteiger charge is -2.46. The van der Waals surface area contributed by atoms with E-state index in [0.29, 0.717) is 53.1 Å². The quantitative estimate of drug-likeness (QED) is 0.227. The molecule has 10 nitrogen and oxygen atoms in total. The molecule has 0 saturated heterocycles. The van der Waals surface area contributed by atoms with E-state index in [9.17, 15) is 10.2 Å². The van der Waals surface area contributed by atoms with E-state index in [-0.39, 0.29) is 29.6 Å². The van der Waals surface area contributed by atoms with Crippen LogP contribution in [0.15, 0.2) is 36.4 Å². The second-order valence-electron chi connectivity index (χ2n) is 13.4. The topological polar surface area (TPSA) is 102 Å². The van der Waals surface area contributed by atoms with E-state index in [2.05, 4.69) is 36.0 Å². The van der Waals surface area contributed by atoms with E-state index in [0.717, 1.165) is 58.3 Å². The van der Waals surface area contributed by atoms with Crippen molar-refractivity contribution in [1.29, 1.82) is 0 Å². The fourth-order valence-electron chi connectivity index (χ4n) is 8.70. The number of hydrogen-bond donors (Lipinski definition) is 2. The van der Waals surface area contributed by atoms with Gasteiger partial charge in [0.25, 0.3) is 0 Å². The molecule has 0 spiro atoms. The Kier molecular flexibility index (Phi) is 7.49. The molecule has 0 unspecified atom stereocenters. The molecule has 0 amide bonds. The van der Waals surface area contributed by atoms with Crippen LogP contribution < -0.4 is 28.4 Å². The fourth-order valence-corrected chi connectivity index (χ4v) is 8.70. The molecule has 3 heterocycles. The molecular formula is C39H42N2O8. The molecular weight excluding hydrogens is 624 g/mol. The lowest BCUT2D eigenvalue weighted by atomic mass is 9.76.